The predicted molar refractivity (Wildman–Crippen MR) is 53.5 cm³/mol. The van der Waals surface area contributed by atoms with Gasteiger partial charge in [0.1, 0.15) is 0 Å². The molecule has 0 aliphatic heterocycles. The Hall–Kier alpha value is -1.50. The van der Waals surface area contributed by atoms with E-state index in [1.807, 2.05) is 37.4 Å². The lowest BCUT2D eigenvalue weighted by Crippen LogP contribution is -2.01. The van der Waals surface area contributed by atoms with Crippen molar-refractivity contribution in [3.05, 3.63) is 46.6 Å². The van der Waals surface area contributed by atoms with Gasteiger partial charge in [0.15, 0.2) is 0 Å². The summed E-state index contributed by atoms with van der Waals surface area (Å²) in [6, 6.07) is 7.78. The SMILES string of the molecule is C=c1ccccc(=C)c(C)c[nH]1. The second kappa shape index (κ2) is 3.77. The van der Waals surface area contributed by atoms with Gasteiger partial charge in [-0.1, -0.05) is 31.4 Å². The molecule has 1 aromatic heterocycles. The monoisotopic (exact) mass is 159 g/mol. The molecule has 1 N–H and O–H groups in total. The van der Waals surface area contributed by atoms with Gasteiger partial charge in [-0.25, -0.2) is 0 Å². The maximum atomic E-state index is 3.90. The minimum atomic E-state index is 0.883. The lowest BCUT2D eigenvalue weighted by atomic mass is 10.3. The summed E-state index contributed by atoms with van der Waals surface area (Å²) in [4.78, 5) is 3.06. The molecular formula is C11H13N. The van der Waals surface area contributed by atoms with Crippen molar-refractivity contribution in [2.75, 3.05) is 0 Å². The van der Waals surface area contributed by atoms with Crippen molar-refractivity contribution in [3.8, 4) is 0 Å². The molecular weight excluding hydrogens is 146 g/mol. The van der Waals surface area contributed by atoms with Crippen LogP contribution < -0.4 is 10.6 Å². The van der Waals surface area contributed by atoms with Gasteiger partial charge in [-0.15, -0.1) is 0 Å². The Morgan fingerprint density at radius 1 is 1.17 bits per heavy atom. The maximum absolute atomic E-state index is 3.90. The first-order valence-corrected chi connectivity index (χ1v) is 3.86. The number of aromatic nitrogens is 1. The van der Waals surface area contributed by atoms with Crippen molar-refractivity contribution in [2.45, 2.75) is 6.92 Å². The maximum Gasteiger partial charge on any atom is 0.0306 e. The van der Waals surface area contributed by atoms with Gasteiger partial charge in [-0.2, -0.15) is 0 Å². The fourth-order valence-corrected chi connectivity index (χ4v) is 0.817. The summed E-state index contributed by atoms with van der Waals surface area (Å²) in [6.45, 7) is 9.73. The van der Waals surface area contributed by atoms with Crippen LogP contribution >= 0.6 is 0 Å². The molecule has 62 valence electrons. The van der Waals surface area contributed by atoms with Gasteiger partial charge < -0.3 is 4.98 Å². The van der Waals surface area contributed by atoms with Crippen LogP contribution in [0, 0.1) is 6.92 Å². The Balaban J connectivity index is 3.56. The normalized spacial score (nSPS) is 9.08. The number of H-pyrrole nitrogens is 1. The highest BCUT2D eigenvalue weighted by Crippen LogP contribution is 1.77. The zero-order valence-electron chi connectivity index (χ0n) is 7.30. The predicted octanol–water partition coefficient (Wildman–Crippen LogP) is 1.27. The number of aromatic amines is 1. The summed E-state index contributed by atoms with van der Waals surface area (Å²) >= 11 is 0. The largest absolute Gasteiger partial charge is 0.362 e. The Bertz CT molecular complexity index is 400. The summed E-state index contributed by atoms with van der Waals surface area (Å²) in [6.07, 6.45) is 1.91. The topological polar surface area (TPSA) is 15.8 Å². The smallest absolute Gasteiger partial charge is 0.0306 e. The van der Waals surface area contributed by atoms with E-state index in [4.69, 9.17) is 0 Å². The van der Waals surface area contributed by atoms with E-state index in [-0.39, 0.29) is 0 Å². The van der Waals surface area contributed by atoms with Gasteiger partial charge in [0.05, 0.1) is 0 Å². The van der Waals surface area contributed by atoms with Crippen LogP contribution in [0.2, 0.25) is 0 Å². The average Bonchev–Trinajstić information content (AvgIpc) is 2.11. The van der Waals surface area contributed by atoms with E-state index in [2.05, 4.69) is 18.1 Å². The molecule has 0 saturated heterocycles. The van der Waals surface area contributed by atoms with Crippen LogP contribution in [0.5, 0.6) is 0 Å². The molecule has 1 heteroatoms. The van der Waals surface area contributed by atoms with E-state index >= 15 is 0 Å². The Labute approximate surface area is 72.4 Å². The molecule has 0 bridgehead atoms. The quantitative estimate of drug-likeness (QED) is 0.586. The molecule has 1 nitrogen and oxygen atoms in total. The third kappa shape index (κ3) is 2.27. The van der Waals surface area contributed by atoms with Crippen molar-refractivity contribution in [2.24, 2.45) is 0 Å². The number of aryl methyl sites for hydroxylation is 1. The van der Waals surface area contributed by atoms with Gasteiger partial charge in [-0.05, 0) is 23.8 Å². The number of hydrogen-bond donors (Lipinski definition) is 1. The molecule has 0 fully saturated rings. The minimum absolute atomic E-state index is 0.883. The first-order valence-electron chi connectivity index (χ1n) is 3.86. The van der Waals surface area contributed by atoms with Crippen LogP contribution in [0.4, 0.5) is 0 Å². The lowest BCUT2D eigenvalue weighted by molar-refractivity contribution is 1.24. The zero-order valence-corrected chi connectivity index (χ0v) is 7.30. The van der Waals surface area contributed by atoms with Crippen molar-refractivity contribution in [1.29, 1.82) is 0 Å². The highest BCUT2D eigenvalue weighted by Gasteiger charge is 1.76. The van der Waals surface area contributed by atoms with Gasteiger partial charge in [0.25, 0.3) is 0 Å². The van der Waals surface area contributed by atoms with E-state index in [1.165, 1.54) is 0 Å². The summed E-state index contributed by atoms with van der Waals surface area (Å²) in [7, 11) is 0. The minimum Gasteiger partial charge on any atom is -0.362 e. The number of nitrogens with one attached hydrogen (secondary N) is 1. The highest BCUT2D eigenvalue weighted by atomic mass is 14.6. The molecule has 12 heavy (non-hydrogen) atoms. The summed E-state index contributed by atoms with van der Waals surface area (Å²) < 4.78 is 0. The van der Waals surface area contributed by atoms with E-state index in [9.17, 15) is 0 Å². The van der Waals surface area contributed by atoms with Crippen molar-refractivity contribution >= 4 is 13.2 Å². The highest BCUT2D eigenvalue weighted by molar-refractivity contribution is 5.14. The Kier molecular flexibility index (Phi) is 2.70. The molecule has 1 rings (SSSR count). The molecule has 1 aromatic rings. The lowest BCUT2D eigenvalue weighted by Gasteiger charge is -1.83. The van der Waals surface area contributed by atoms with Crippen LogP contribution in [-0.4, -0.2) is 4.98 Å². The van der Waals surface area contributed by atoms with E-state index in [0.717, 1.165) is 16.1 Å². The summed E-state index contributed by atoms with van der Waals surface area (Å²) in [5.74, 6) is 0. The summed E-state index contributed by atoms with van der Waals surface area (Å²) in [5, 5.41) is 1.90. The molecule has 0 atom stereocenters. The Morgan fingerprint density at radius 3 is 2.58 bits per heavy atom. The standard InChI is InChI=1S/C11H13N/c1-9-6-4-5-7-11(3)12-8-10(9)2/h4-8,12H,1,3H2,2H3. The van der Waals surface area contributed by atoms with Crippen LogP contribution in [0.1, 0.15) is 5.56 Å². The molecule has 0 aliphatic carbocycles. The third-order valence-corrected chi connectivity index (χ3v) is 1.69. The molecule has 0 spiro atoms. The van der Waals surface area contributed by atoms with Crippen molar-refractivity contribution < 1.29 is 0 Å². The first kappa shape index (κ1) is 8.60. The second-order valence-corrected chi connectivity index (χ2v) is 2.74. The van der Waals surface area contributed by atoms with Gasteiger partial charge in [-0.3, -0.25) is 0 Å². The van der Waals surface area contributed by atoms with Crippen LogP contribution in [-0.2, 0) is 0 Å². The third-order valence-electron chi connectivity index (χ3n) is 1.69. The number of hydrogen-bond acceptors (Lipinski definition) is 0. The average molecular weight is 159 g/mol. The van der Waals surface area contributed by atoms with E-state index < -0.39 is 0 Å². The molecule has 0 amide bonds. The van der Waals surface area contributed by atoms with E-state index in [0.29, 0.717) is 0 Å². The Morgan fingerprint density at radius 2 is 1.83 bits per heavy atom. The number of rotatable bonds is 0. The molecule has 0 unspecified atom stereocenters. The summed E-state index contributed by atoms with van der Waals surface area (Å²) in [5.41, 5.74) is 1.12. The second-order valence-electron chi connectivity index (χ2n) is 2.74. The molecule has 0 saturated carbocycles. The van der Waals surface area contributed by atoms with Crippen molar-refractivity contribution in [3.63, 3.8) is 0 Å². The molecule has 1 heterocycles. The van der Waals surface area contributed by atoms with Crippen molar-refractivity contribution in [1.82, 2.24) is 4.98 Å². The fraction of sp³-hybridized carbons (Fsp3) is 0.0909. The van der Waals surface area contributed by atoms with Crippen LogP contribution in [0.15, 0.2) is 30.5 Å². The van der Waals surface area contributed by atoms with Crippen LogP contribution in [0.3, 0.4) is 0 Å². The first-order chi connectivity index (χ1) is 5.70. The fourth-order valence-electron chi connectivity index (χ4n) is 0.817. The van der Waals surface area contributed by atoms with Crippen LogP contribution in [0.25, 0.3) is 13.2 Å². The molecule has 0 radical (unpaired) electrons. The molecule has 0 aromatic carbocycles. The van der Waals surface area contributed by atoms with Gasteiger partial charge in [0, 0.05) is 11.5 Å². The van der Waals surface area contributed by atoms with Gasteiger partial charge in [0.2, 0.25) is 0 Å². The van der Waals surface area contributed by atoms with E-state index in [1.54, 1.807) is 0 Å². The molecule has 0 aliphatic rings. The van der Waals surface area contributed by atoms with Gasteiger partial charge >= 0.3 is 0 Å². The zero-order chi connectivity index (χ0) is 8.97.